The number of hydrogen-bond donors (Lipinski definition) is 0. The van der Waals surface area contributed by atoms with E-state index >= 15 is 0 Å². The van der Waals surface area contributed by atoms with Crippen LogP contribution < -0.4 is 0 Å². The number of Topliss-reactive ketones (excluding diaryl/α,β-unsaturated/α-hetero) is 2. The van der Waals surface area contributed by atoms with Gasteiger partial charge in [-0.25, -0.2) is 0 Å². The average Bonchev–Trinajstić information content (AvgIpc) is 2.36. The van der Waals surface area contributed by atoms with Gasteiger partial charge in [0.05, 0.1) is 8.07 Å². The molecule has 108 valence electrons. The van der Waals surface area contributed by atoms with E-state index in [9.17, 15) is 9.59 Å². The molecule has 1 aliphatic carbocycles. The normalized spacial score (nSPS) is 17.4. The van der Waals surface area contributed by atoms with Crippen LogP contribution in [0.2, 0.25) is 19.6 Å². The van der Waals surface area contributed by atoms with Crippen molar-refractivity contribution in [2.75, 3.05) is 0 Å². The molecule has 0 amide bonds. The standard InChI is InChI=1S/C17H24O2Si/c1-7-8-9-10-11-14-15(18)12(2)13(3)16(19)17(14)20(4,5)6/h7,9-10H,1,8,11H2,2-6H3/b10-9+. The second-order valence-electron chi connectivity index (χ2n) is 6.21. The quantitative estimate of drug-likeness (QED) is 0.432. The lowest BCUT2D eigenvalue weighted by molar-refractivity contribution is -0.116. The Balaban J connectivity index is 3.28. The van der Waals surface area contributed by atoms with E-state index < -0.39 is 8.07 Å². The van der Waals surface area contributed by atoms with Crippen LogP contribution in [0.5, 0.6) is 0 Å². The third-order valence-electron chi connectivity index (χ3n) is 3.59. The first-order valence-corrected chi connectivity index (χ1v) is 10.5. The van der Waals surface area contributed by atoms with Crippen molar-refractivity contribution in [2.24, 2.45) is 0 Å². The second-order valence-corrected chi connectivity index (χ2v) is 11.2. The zero-order valence-electron chi connectivity index (χ0n) is 13.2. The fraction of sp³-hybridized carbons (Fsp3) is 0.412. The van der Waals surface area contributed by atoms with Gasteiger partial charge in [-0.1, -0.05) is 37.9 Å². The first-order valence-electron chi connectivity index (χ1n) is 6.98. The number of allylic oxidation sites excluding steroid dienone is 7. The van der Waals surface area contributed by atoms with E-state index in [1.165, 1.54) is 0 Å². The molecule has 0 saturated heterocycles. The third kappa shape index (κ3) is 3.34. The number of rotatable bonds is 5. The van der Waals surface area contributed by atoms with Crippen LogP contribution in [0.3, 0.4) is 0 Å². The highest BCUT2D eigenvalue weighted by molar-refractivity contribution is 6.88. The highest BCUT2D eigenvalue weighted by atomic mass is 28.3. The molecule has 0 fully saturated rings. The van der Waals surface area contributed by atoms with Gasteiger partial charge in [-0.2, -0.15) is 0 Å². The summed E-state index contributed by atoms with van der Waals surface area (Å²) in [5.74, 6) is 0.121. The first kappa shape index (κ1) is 16.6. The Hall–Kier alpha value is -1.48. The maximum absolute atomic E-state index is 12.6. The molecule has 1 rings (SSSR count). The maximum Gasteiger partial charge on any atom is 0.185 e. The van der Waals surface area contributed by atoms with Gasteiger partial charge in [0.1, 0.15) is 0 Å². The molecule has 0 bridgehead atoms. The predicted octanol–water partition coefficient (Wildman–Crippen LogP) is 4.17. The number of ketones is 2. The smallest absolute Gasteiger partial charge is 0.185 e. The van der Waals surface area contributed by atoms with Crippen LogP contribution in [0.25, 0.3) is 0 Å². The van der Waals surface area contributed by atoms with Gasteiger partial charge in [0.15, 0.2) is 11.6 Å². The van der Waals surface area contributed by atoms with Crippen molar-refractivity contribution in [2.45, 2.75) is 46.3 Å². The summed E-state index contributed by atoms with van der Waals surface area (Å²) in [6.07, 6.45) is 7.10. The molecule has 0 heterocycles. The molecular weight excluding hydrogens is 264 g/mol. The Morgan fingerprint density at radius 2 is 1.55 bits per heavy atom. The van der Waals surface area contributed by atoms with Crippen LogP contribution in [0.4, 0.5) is 0 Å². The van der Waals surface area contributed by atoms with Gasteiger partial charge in [0.25, 0.3) is 0 Å². The van der Waals surface area contributed by atoms with Crippen LogP contribution in [0.15, 0.2) is 46.7 Å². The lowest BCUT2D eigenvalue weighted by atomic mass is 9.89. The lowest BCUT2D eigenvalue weighted by Crippen LogP contribution is -2.36. The van der Waals surface area contributed by atoms with Gasteiger partial charge in [-0.05, 0) is 31.9 Å². The summed E-state index contributed by atoms with van der Waals surface area (Å²) in [6, 6.07) is 0. The number of hydrogen-bond acceptors (Lipinski definition) is 2. The molecule has 0 spiro atoms. The minimum Gasteiger partial charge on any atom is -0.290 e. The molecule has 20 heavy (non-hydrogen) atoms. The second kappa shape index (κ2) is 6.31. The van der Waals surface area contributed by atoms with Gasteiger partial charge in [-0.3, -0.25) is 9.59 Å². The molecule has 0 N–H and O–H groups in total. The fourth-order valence-corrected chi connectivity index (χ4v) is 4.38. The van der Waals surface area contributed by atoms with Crippen LogP contribution in [-0.2, 0) is 9.59 Å². The summed E-state index contributed by atoms with van der Waals surface area (Å²) in [4.78, 5) is 25.1. The van der Waals surface area contributed by atoms with E-state index in [2.05, 4.69) is 26.2 Å². The molecular formula is C17H24O2Si. The molecule has 0 saturated carbocycles. The van der Waals surface area contributed by atoms with E-state index in [4.69, 9.17) is 0 Å². The average molecular weight is 288 g/mol. The summed E-state index contributed by atoms with van der Waals surface area (Å²) in [7, 11) is -1.84. The maximum atomic E-state index is 12.6. The summed E-state index contributed by atoms with van der Waals surface area (Å²) in [5.41, 5.74) is 1.92. The number of carbonyl (C=O) groups is 2. The Morgan fingerprint density at radius 1 is 1.00 bits per heavy atom. The molecule has 2 nitrogen and oxygen atoms in total. The Morgan fingerprint density at radius 3 is 2.05 bits per heavy atom. The topological polar surface area (TPSA) is 34.1 Å². The number of carbonyl (C=O) groups excluding carboxylic acids is 2. The Kier molecular flexibility index (Phi) is 5.23. The van der Waals surface area contributed by atoms with Gasteiger partial charge in [0, 0.05) is 16.7 Å². The summed E-state index contributed by atoms with van der Waals surface area (Å²) < 4.78 is 0. The summed E-state index contributed by atoms with van der Waals surface area (Å²) in [5, 5.41) is 0.800. The molecule has 0 aromatic heterocycles. The first-order chi connectivity index (χ1) is 9.21. The summed E-state index contributed by atoms with van der Waals surface area (Å²) >= 11 is 0. The molecule has 0 aromatic carbocycles. The monoisotopic (exact) mass is 288 g/mol. The van der Waals surface area contributed by atoms with E-state index in [-0.39, 0.29) is 11.6 Å². The molecule has 3 heteroatoms. The van der Waals surface area contributed by atoms with E-state index in [0.29, 0.717) is 23.1 Å². The Bertz CT molecular complexity index is 540. The molecule has 0 atom stereocenters. The minimum atomic E-state index is -1.84. The predicted molar refractivity (Wildman–Crippen MR) is 87.3 cm³/mol. The van der Waals surface area contributed by atoms with Crippen molar-refractivity contribution in [1.29, 1.82) is 0 Å². The minimum absolute atomic E-state index is 0.0442. The fourth-order valence-electron chi connectivity index (χ4n) is 2.39. The van der Waals surface area contributed by atoms with Crippen LogP contribution in [0, 0.1) is 0 Å². The zero-order valence-corrected chi connectivity index (χ0v) is 14.2. The van der Waals surface area contributed by atoms with Crippen molar-refractivity contribution >= 4 is 19.6 Å². The lowest BCUT2D eigenvalue weighted by Gasteiger charge is -2.28. The van der Waals surface area contributed by atoms with Gasteiger partial charge < -0.3 is 0 Å². The molecule has 0 unspecified atom stereocenters. The van der Waals surface area contributed by atoms with Crippen molar-refractivity contribution in [3.8, 4) is 0 Å². The van der Waals surface area contributed by atoms with Crippen molar-refractivity contribution < 1.29 is 9.59 Å². The van der Waals surface area contributed by atoms with Crippen molar-refractivity contribution in [1.82, 2.24) is 0 Å². The van der Waals surface area contributed by atoms with Crippen LogP contribution in [0.1, 0.15) is 26.7 Å². The van der Waals surface area contributed by atoms with E-state index in [0.717, 1.165) is 11.6 Å². The van der Waals surface area contributed by atoms with Gasteiger partial charge in [0.2, 0.25) is 0 Å². The van der Waals surface area contributed by atoms with E-state index in [1.54, 1.807) is 13.8 Å². The van der Waals surface area contributed by atoms with Gasteiger partial charge in [-0.15, -0.1) is 6.58 Å². The van der Waals surface area contributed by atoms with Crippen molar-refractivity contribution in [3.05, 3.63) is 46.7 Å². The molecule has 0 aliphatic heterocycles. The third-order valence-corrected chi connectivity index (χ3v) is 5.62. The van der Waals surface area contributed by atoms with Crippen LogP contribution >= 0.6 is 0 Å². The SMILES string of the molecule is C=CC/C=C/CC1=C([Si](C)(C)C)C(=O)C(C)=C(C)C1=O. The summed E-state index contributed by atoms with van der Waals surface area (Å²) in [6.45, 7) is 13.5. The highest BCUT2D eigenvalue weighted by Crippen LogP contribution is 2.32. The zero-order chi connectivity index (χ0) is 15.5. The Labute approximate surface area is 123 Å². The van der Waals surface area contributed by atoms with Gasteiger partial charge >= 0.3 is 0 Å². The largest absolute Gasteiger partial charge is 0.290 e. The highest BCUT2D eigenvalue weighted by Gasteiger charge is 2.36. The van der Waals surface area contributed by atoms with Crippen molar-refractivity contribution in [3.63, 3.8) is 0 Å². The molecule has 0 aromatic rings. The molecule has 0 radical (unpaired) electrons. The van der Waals surface area contributed by atoms with E-state index in [1.807, 2.05) is 18.2 Å². The van der Waals surface area contributed by atoms with Crippen LogP contribution in [-0.4, -0.2) is 19.6 Å². The molecule has 1 aliphatic rings.